The Kier molecular flexibility index (Phi) is 4.47. The number of nitrogens with zero attached hydrogens (tertiary/aromatic N) is 5. The predicted molar refractivity (Wildman–Crippen MR) is 106 cm³/mol. The molecule has 0 aliphatic rings. The van der Waals surface area contributed by atoms with E-state index >= 15 is 0 Å². The summed E-state index contributed by atoms with van der Waals surface area (Å²) in [6, 6.07) is 12.9. The number of benzene rings is 1. The molecule has 0 radical (unpaired) electrons. The van der Waals surface area contributed by atoms with E-state index < -0.39 is 4.92 Å². The lowest BCUT2D eigenvalue weighted by Gasteiger charge is -2.11. The second-order valence-corrected chi connectivity index (χ2v) is 6.03. The Hall–Kier alpha value is -4.14. The molecule has 3 heterocycles. The van der Waals surface area contributed by atoms with E-state index in [1.165, 1.54) is 6.33 Å². The van der Waals surface area contributed by atoms with Crippen LogP contribution in [0.3, 0.4) is 0 Å². The Morgan fingerprint density at radius 3 is 2.50 bits per heavy atom. The molecule has 4 rings (SSSR count). The Bertz CT molecular complexity index is 1170. The van der Waals surface area contributed by atoms with Gasteiger partial charge in [-0.1, -0.05) is 18.2 Å². The van der Waals surface area contributed by atoms with Crippen LogP contribution in [0.1, 0.15) is 5.56 Å². The van der Waals surface area contributed by atoms with Gasteiger partial charge in [0.05, 0.1) is 16.1 Å². The van der Waals surface area contributed by atoms with Crippen molar-refractivity contribution >= 4 is 39.7 Å². The first-order valence-corrected chi connectivity index (χ1v) is 8.41. The topological polar surface area (TPSA) is 119 Å². The summed E-state index contributed by atoms with van der Waals surface area (Å²) in [6.07, 6.45) is 4.54. The molecule has 0 bridgehead atoms. The number of pyridine rings is 2. The molecule has 0 spiro atoms. The molecule has 1 aromatic carbocycles. The fourth-order valence-electron chi connectivity index (χ4n) is 2.79. The van der Waals surface area contributed by atoms with E-state index in [9.17, 15) is 10.1 Å². The first kappa shape index (κ1) is 17.3. The van der Waals surface area contributed by atoms with Gasteiger partial charge in [-0.2, -0.15) is 0 Å². The lowest BCUT2D eigenvalue weighted by Crippen LogP contribution is -2.06. The van der Waals surface area contributed by atoms with Crippen molar-refractivity contribution in [1.29, 1.82) is 0 Å². The van der Waals surface area contributed by atoms with E-state index in [1.807, 2.05) is 37.3 Å². The number of para-hydroxylation sites is 1. The van der Waals surface area contributed by atoms with Crippen molar-refractivity contribution in [3.05, 3.63) is 76.9 Å². The molecule has 0 fully saturated rings. The lowest BCUT2D eigenvalue weighted by molar-refractivity contribution is -0.383. The van der Waals surface area contributed by atoms with Gasteiger partial charge in [0.25, 0.3) is 0 Å². The smallest absolute Gasteiger partial charge is 0.332 e. The van der Waals surface area contributed by atoms with Crippen molar-refractivity contribution in [3.63, 3.8) is 0 Å². The maximum atomic E-state index is 11.8. The third kappa shape index (κ3) is 3.40. The summed E-state index contributed by atoms with van der Waals surface area (Å²) in [5.41, 5.74) is 1.99. The van der Waals surface area contributed by atoms with Crippen LogP contribution < -0.4 is 10.6 Å². The monoisotopic (exact) mass is 373 g/mol. The fraction of sp³-hybridized carbons (Fsp3) is 0.0526. The molecule has 2 N–H and O–H groups in total. The van der Waals surface area contributed by atoms with E-state index in [-0.39, 0.29) is 17.3 Å². The highest BCUT2D eigenvalue weighted by molar-refractivity contribution is 5.92. The molecule has 0 saturated carbocycles. The van der Waals surface area contributed by atoms with Crippen molar-refractivity contribution in [3.8, 4) is 0 Å². The molecule has 9 heteroatoms. The van der Waals surface area contributed by atoms with Gasteiger partial charge in [-0.25, -0.2) is 15.0 Å². The number of hydrogen-bond donors (Lipinski definition) is 2. The van der Waals surface area contributed by atoms with E-state index in [0.29, 0.717) is 17.0 Å². The highest BCUT2D eigenvalue weighted by atomic mass is 16.6. The minimum absolute atomic E-state index is 0.0498. The average Bonchev–Trinajstić information content (AvgIpc) is 2.68. The molecule has 0 aliphatic heterocycles. The number of aromatic nitrogens is 4. The highest BCUT2D eigenvalue weighted by Gasteiger charge is 2.24. The Morgan fingerprint density at radius 2 is 1.71 bits per heavy atom. The number of nitrogens with one attached hydrogen (secondary N) is 2. The summed E-state index contributed by atoms with van der Waals surface area (Å²) in [7, 11) is 0. The quantitative estimate of drug-likeness (QED) is 0.396. The van der Waals surface area contributed by atoms with Crippen LogP contribution in [-0.2, 0) is 0 Å². The zero-order chi connectivity index (χ0) is 19.5. The average molecular weight is 373 g/mol. The van der Waals surface area contributed by atoms with Crippen LogP contribution in [0.25, 0.3) is 10.9 Å². The van der Waals surface area contributed by atoms with E-state index in [1.54, 1.807) is 24.5 Å². The van der Waals surface area contributed by atoms with Crippen LogP contribution >= 0.6 is 0 Å². The Morgan fingerprint density at radius 1 is 0.929 bits per heavy atom. The van der Waals surface area contributed by atoms with Gasteiger partial charge in [0.1, 0.15) is 12.1 Å². The zero-order valence-electron chi connectivity index (χ0n) is 14.8. The molecular formula is C19H15N7O2. The van der Waals surface area contributed by atoms with Crippen LogP contribution in [-0.4, -0.2) is 24.9 Å². The molecule has 3 aromatic heterocycles. The second kappa shape index (κ2) is 7.23. The first-order valence-electron chi connectivity index (χ1n) is 8.41. The number of nitro groups is 1. The highest BCUT2D eigenvalue weighted by Crippen LogP contribution is 2.34. The second-order valence-electron chi connectivity index (χ2n) is 6.03. The molecule has 9 nitrogen and oxygen atoms in total. The summed E-state index contributed by atoms with van der Waals surface area (Å²) in [5.74, 6) is 0.571. The minimum atomic E-state index is -0.529. The van der Waals surface area contributed by atoms with Crippen LogP contribution in [0, 0.1) is 17.0 Å². The Labute approximate surface area is 159 Å². The number of hydrogen-bond acceptors (Lipinski definition) is 8. The summed E-state index contributed by atoms with van der Waals surface area (Å²) < 4.78 is 0. The zero-order valence-corrected chi connectivity index (χ0v) is 14.8. The van der Waals surface area contributed by atoms with Crippen molar-refractivity contribution in [2.24, 2.45) is 0 Å². The first-order chi connectivity index (χ1) is 13.6. The molecule has 4 aromatic rings. The van der Waals surface area contributed by atoms with Crippen molar-refractivity contribution in [1.82, 2.24) is 19.9 Å². The summed E-state index contributed by atoms with van der Waals surface area (Å²) in [4.78, 5) is 27.8. The minimum Gasteiger partial charge on any atom is -0.332 e. The van der Waals surface area contributed by atoms with Crippen molar-refractivity contribution in [2.75, 3.05) is 10.6 Å². The number of fused-ring (bicyclic) bond motifs is 1. The van der Waals surface area contributed by atoms with Crippen LogP contribution in [0.15, 0.2) is 61.2 Å². The molecule has 28 heavy (non-hydrogen) atoms. The van der Waals surface area contributed by atoms with Crippen LogP contribution in [0.2, 0.25) is 0 Å². The third-order valence-electron chi connectivity index (χ3n) is 4.05. The van der Waals surface area contributed by atoms with Crippen LogP contribution in [0.4, 0.5) is 28.8 Å². The molecule has 0 aliphatic carbocycles. The molecule has 0 unspecified atom stereocenters. The third-order valence-corrected chi connectivity index (χ3v) is 4.05. The molecule has 0 saturated heterocycles. The summed E-state index contributed by atoms with van der Waals surface area (Å²) in [5, 5.41) is 18.6. The maximum absolute atomic E-state index is 11.8. The van der Waals surface area contributed by atoms with Gasteiger partial charge in [0.15, 0.2) is 0 Å². The van der Waals surface area contributed by atoms with Gasteiger partial charge < -0.3 is 10.6 Å². The largest absolute Gasteiger partial charge is 0.353 e. The fourth-order valence-corrected chi connectivity index (χ4v) is 2.79. The summed E-state index contributed by atoms with van der Waals surface area (Å²) in [6.45, 7) is 1.90. The van der Waals surface area contributed by atoms with E-state index in [0.717, 1.165) is 10.9 Å². The molecule has 0 atom stereocenters. The van der Waals surface area contributed by atoms with Gasteiger partial charge in [0, 0.05) is 17.8 Å². The van der Waals surface area contributed by atoms with Gasteiger partial charge in [-0.15, -0.1) is 0 Å². The lowest BCUT2D eigenvalue weighted by atomic mass is 10.2. The van der Waals surface area contributed by atoms with Gasteiger partial charge in [0.2, 0.25) is 11.6 Å². The molecular weight excluding hydrogens is 358 g/mol. The number of anilines is 4. The van der Waals surface area contributed by atoms with E-state index in [2.05, 4.69) is 30.6 Å². The van der Waals surface area contributed by atoms with E-state index in [4.69, 9.17) is 0 Å². The van der Waals surface area contributed by atoms with Gasteiger partial charge in [-0.05, 0) is 36.8 Å². The number of rotatable bonds is 5. The summed E-state index contributed by atoms with van der Waals surface area (Å²) >= 11 is 0. The van der Waals surface area contributed by atoms with Crippen LogP contribution in [0.5, 0.6) is 0 Å². The van der Waals surface area contributed by atoms with Crippen molar-refractivity contribution < 1.29 is 4.92 Å². The molecule has 0 amide bonds. The Balaban J connectivity index is 1.76. The molecule has 138 valence electrons. The normalized spacial score (nSPS) is 10.6. The predicted octanol–water partition coefficient (Wildman–Crippen LogP) is 4.12. The van der Waals surface area contributed by atoms with Crippen molar-refractivity contribution in [2.45, 2.75) is 6.92 Å². The van der Waals surface area contributed by atoms with Gasteiger partial charge >= 0.3 is 5.69 Å². The number of aryl methyl sites for hydroxylation is 1. The SMILES string of the molecule is Cc1ccnc(Nc2ncnc(Nc3cccc4cccnc34)c2[N+](=O)[O-])c1. The van der Waals surface area contributed by atoms with Gasteiger partial charge in [-0.3, -0.25) is 15.1 Å². The standard InChI is InChI=1S/C19H15N7O2/c1-12-7-9-20-15(10-12)25-19-17(26(27)28)18(22-11-23-19)24-14-6-2-4-13-5-3-8-21-16(13)14/h2-11H,1H3,(H2,20,22,23,24,25). The maximum Gasteiger partial charge on any atom is 0.353 e.